The summed E-state index contributed by atoms with van der Waals surface area (Å²) in [5.74, 6) is 0. The molecule has 1 aromatic carbocycles. The molecule has 1 N–H and O–H groups in total. The molecule has 17 heavy (non-hydrogen) atoms. The summed E-state index contributed by atoms with van der Waals surface area (Å²) in [4.78, 5) is 0. The molecule has 0 aliphatic rings. The van der Waals surface area contributed by atoms with E-state index < -0.39 is 0 Å². The van der Waals surface area contributed by atoms with Crippen molar-refractivity contribution >= 4 is 26.8 Å². The predicted octanol–water partition coefficient (Wildman–Crippen LogP) is 2.64. The van der Waals surface area contributed by atoms with Gasteiger partial charge in [-0.3, -0.25) is 0 Å². The fourth-order valence-corrected chi connectivity index (χ4v) is 2.37. The van der Waals surface area contributed by atoms with Crippen molar-refractivity contribution in [3.8, 4) is 0 Å². The maximum absolute atomic E-state index is 4.99. The van der Waals surface area contributed by atoms with Gasteiger partial charge in [0.2, 0.25) is 0 Å². The van der Waals surface area contributed by atoms with E-state index in [1.807, 2.05) is 0 Å². The Balaban J connectivity index is 1.97. The Morgan fingerprint density at radius 3 is 3.00 bits per heavy atom. The second-order valence-corrected chi connectivity index (χ2v) is 4.78. The van der Waals surface area contributed by atoms with E-state index in [0.717, 1.165) is 30.7 Å². The Hall–Kier alpha value is -0.840. The first kappa shape index (κ1) is 12.6. The fourth-order valence-electron chi connectivity index (χ4n) is 1.88. The van der Waals surface area contributed by atoms with Crippen molar-refractivity contribution in [1.82, 2.24) is 9.88 Å². The van der Waals surface area contributed by atoms with E-state index in [-0.39, 0.29) is 0 Å². The minimum absolute atomic E-state index is 0.762. The summed E-state index contributed by atoms with van der Waals surface area (Å²) < 4.78 is 8.41. The first-order chi connectivity index (χ1) is 8.33. The van der Waals surface area contributed by atoms with Gasteiger partial charge in [-0.25, -0.2) is 0 Å². The maximum Gasteiger partial charge on any atom is 0.0587 e. The molecule has 0 unspecified atom stereocenters. The first-order valence-electron chi connectivity index (χ1n) is 5.76. The molecule has 2 rings (SSSR count). The molecule has 0 radical (unpaired) electrons. The maximum atomic E-state index is 4.99. The summed E-state index contributed by atoms with van der Waals surface area (Å²) in [7, 11) is 1.72. The van der Waals surface area contributed by atoms with E-state index in [1.54, 1.807) is 7.11 Å². The summed E-state index contributed by atoms with van der Waals surface area (Å²) in [6.07, 6.45) is 2.13. The van der Waals surface area contributed by atoms with Crippen molar-refractivity contribution in [3.63, 3.8) is 0 Å². The lowest BCUT2D eigenvalue weighted by atomic mass is 10.2. The van der Waals surface area contributed by atoms with Gasteiger partial charge in [0, 0.05) is 48.3 Å². The minimum Gasteiger partial charge on any atom is -0.383 e. The van der Waals surface area contributed by atoms with Crippen LogP contribution in [-0.2, 0) is 11.3 Å². The van der Waals surface area contributed by atoms with Crippen LogP contribution < -0.4 is 5.32 Å². The molecule has 0 aliphatic carbocycles. The third-order valence-electron chi connectivity index (χ3n) is 2.77. The van der Waals surface area contributed by atoms with Gasteiger partial charge in [-0.15, -0.1) is 0 Å². The summed E-state index contributed by atoms with van der Waals surface area (Å²) in [5.41, 5.74) is 1.27. The molecule has 0 aliphatic heterocycles. The molecule has 0 spiro atoms. The first-order valence-corrected chi connectivity index (χ1v) is 6.55. The molecule has 92 valence electrons. The summed E-state index contributed by atoms with van der Waals surface area (Å²) in [5, 5.41) is 4.61. The lowest BCUT2D eigenvalue weighted by Crippen LogP contribution is -2.23. The van der Waals surface area contributed by atoms with Crippen molar-refractivity contribution in [2.24, 2.45) is 0 Å². The molecule has 3 nitrogen and oxygen atoms in total. The van der Waals surface area contributed by atoms with Gasteiger partial charge >= 0.3 is 0 Å². The zero-order valence-corrected chi connectivity index (χ0v) is 11.5. The molecular weight excluding hydrogens is 280 g/mol. The van der Waals surface area contributed by atoms with Crippen molar-refractivity contribution in [2.45, 2.75) is 6.54 Å². The van der Waals surface area contributed by atoms with Crippen LogP contribution in [0.25, 0.3) is 10.9 Å². The van der Waals surface area contributed by atoms with E-state index in [9.17, 15) is 0 Å². The zero-order valence-electron chi connectivity index (χ0n) is 9.95. The van der Waals surface area contributed by atoms with Crippen LogP contribution in [0.5, 0.6) is 0 Å². The smallest absolute Gasteiger partial charge is 0.0587 e. The van der Waals surface area contributed by atoms with Crippen LogP contribution in [-0.4, -0.2) is 31.4 Å². The molecule has 0 bridgehead atoms. The van der Waals surface area contributed by atoms with Gasteiger partial charge in [-0.05, 0) is 18.2 Å². The average Bonchev–Trinajstić information content (AvgIpc) is 2.74. The van der Waals surface area contributed by atoms with Crippen molar-refractivity contribution in [1.29, 1.82) is 0 Å². The monoisotopic (exact) mass is 296 g/mol. The molecule has 0 fully saturated rings. The van der Waals surface area contributed by atoms with E-state index in [2.05, 4.69) is 56.3 Å². The number of rotatable bonds is 6. The molecule has 1 heterocycles. The van der Waals surface area contributed by atoms with Crippen LogP contribution in [0.2, 0.25) is 0 Å². The standard InChI is InChI=1S/C13H17BrN2O/c1-17-10-7-15-6-9-16-8-5-11-12(14)3-2-4-13(11)16/h2-5,8,15H,6-7,9-10H2,1H3. The van der Waals surface area contributed by atoms with Crippen LogP contribution in [0.4, 0.5) is 0 Å². The number of halogens is 1. The van der Waals surface area contributed by atoms with E-state index in [4.69, 9.17) is 4.74 Å². The van der Waals surface area contributed by atoms with Gasteiger partial charge in [-0.1, -0.05) is 22.0 Å². The van der Waals surface area contributed by atoms with Crippen LogP contribution >= 0.6 is 15.9 Å². The minimum atomic E-state index is 0.762. The lowest BCUT2D eigenvalue weighted by Gasteiger charge is -2.07. The third-order valence-corrected chi connectivity index (χ3v) is 3.46. The second kappa shape index (κ2) is 6.19. The molecular formula is C13H17BrN2O. The highest BCUT2D eigenvalue weighted by molar-refractivity contribution is 9.10. The molecule has 0 atom stereocenters. The molecule has 4 heteroatoms. The van der Waals surface area contributed by atoms with Gasteiger partial charge in [0.05, 0.1) is 6.61 Å². The number of nitrogens with one attached hydrogen (secondary N) is 1. The van der Waals surface area contributed by atoms with E-state index in [1.165, 1.54) is 10.9 Å². The highest BCUT2D eigenvalue weighted by Crippen LogP contribution is 2.24. The molecule has 1 aromatic heterocycles. The van der Waals surface area contributed by atoms with E-state index >= 15 is 0 Å². The Morgan fingerprint density at radius 1 is 1.29 bits per heavy atom. The number of nitrogens with zero attached hydrogens (tertiary/aromatic N) is 1. The molecule has 0 saturated carbocycles. The van der Waals surface area contributed by atoms with Gasteiger partial charge < -0.3 is 14.6 Å². The van der Waals surface area contributed by atoms with Crippen LogP contribution in [0.1, 0.15) is 0 Å². The highest BCUT2D eigenvalue weighted by Gasteiger charge is 2.02. The zero-order chi connectivity index (χ0) is 12.1. The van der Waals surface area contributed by atoms with Gasteiger partial charge in [0.25, 0.3) is 0 Å². The highest BCUT2D eigenvalue weighted by atomic mass is 79.9. The number of benzene rings is 1. The Kier molecular flexibility index (Phi) is 4.59. The summed E-state index contributed by atoms with van der Waals surface area (Å²) >= 11 is 3.57. The van der Waals surface area contributed by atoms with Crippen LogP contribution in [0, 0.1) is 0 Å². The Labute approximate surface area is 110 Å². The average molecular weight is 297 g/mol. The van der Waals surface area contributed by atoms with Crippen molar-refractivity contribution in [2.75, 3.05) is 26.8 Å². The van der Waals surface area contributed by atoms with Gasteiger partial charge in [0.1, 0.15) is 0 Å². The number of fused-ring (bicyclic) bond motifs is 1. The fraction of sp³-hybridized carbons (Fsp3) is 0.385. The number of hydrogen-bond donors (Lipinski definition) is 1. The normalized spacial score (nSPS) is 11.2. The summed E-state index contributed by atoms with van der Waals surface area (Å²) in [6, 6.07) is 8.44. The van der Waals surface area contributed by atoms with Crippen LogP contribution in [0.3, 0.4) is 0 Å². The summed E-state index contributed by atoms with van der Waals surface area (Å²) in [6.45, 7) is 3.60. The topological polar surface area (TPSA) is 26.2 Å². The Morgan fingerprint density at radius 2 is 2.18 bits per heavy atom. The quantitative estimate of drug-likeness (QED) is 0.830. The van der Waals surface area contributed by atoms with Crippen LogP contribution in [0.15, 0.2) is 34.9 Å². The van der Waals surface area contributed by atoms with Gasteiger partial charge in [0.15, 0.2) is 0 Å². The number of aromatic nitrogens is 1. The molecule has 0 amide bonds. The number of hydrogen-bond acceptors (Lipinski definition) is 2. The Bertz CT molecular complexity index is 481. The predicted molar refractivity (Wildman–Crippen MR) is 74.4 cm³/mol. The number of ether oxygens (including phenoxy) is 1. The third kappa shape index (κ3) is 3.09. The SMILES string of the molecule is COCCNCCn1ccc2c(Br)cccc21. The lowest BCUT2D eigenvalue weighted by molar-refractivity contribution is 0.199. The van der Waals surface area contributed by atoms with Gasteiger partial charge in [-0.2, -0.15) is 0 Å². The molecule has 2 aromatic rings. The molecule has 0 saturated heterocycles. The van der Waals surface area contributed by atoms with Crippen molar-refractivity contribution in [3.05, 3.63) is 34.9 Å². The second-order valence-electron chi connectivity index (χ2n) is 3.92. The van der Waals surface area contributed by atoms with E-state index in [0.29, 0.717) is 0 Å². The van der Waals surface area contributed by atoms with Crippen molar-refractivity contribution < 1.29 is 4.74 Å². The number of methoxy groups -OCH3 is 1. The largest absolute Gasteiger partial charge is 0.383 e.